The van der Waals surface area contributed by atoms with Gasteiger partial charge in [-0.25, -0.2) is 0 Å². The number of hydrogen-bond donors (Lipinski definition) is 0. The lowest BCUT2D eigenvalue weighted by atomic mass is 9.79. The van der Waals surface area contributed by atoms with Crippen LogP contribution in [0.1, 0.15) is 210 Å². The smallest absolute Gasteiger partial charge is 0.309 e. The van der Waals surface area contributed by atoms with Crippen molar-refractivity contribution in [3.05, 3.63) is 83.3 Å². The van der Waals surface area contributed by atoms with Gasteiger partial charge in [0, 0.05) is 37.9 Å². The maximum absolute atomic E-state index is 14.8. The van der Waals surface area contributed by atoms with Crippen LogP contribution in [0.4, 0.5) is 0 Å². The van der Waals surface area contributed by atoms with Crippen molar-refractivity contribution < 1.29 is 65.1 Å². The van der Waals surface area contributed by atoms with E-state index in [1.165, 1.54) is 0 Å². The molecular weight excluding hydrogens is 1220 g/mol. The van der Waals surface area contributed by atoms with Crippen molar-refractivity contribution in [1.29, 1.82) is 0 Å². The predicted octanol–water partition coefficient (Wildman–Crippen LogP) is 19.8. The molecule has 3 aromatic rings. The van der Waals surface area contributed by atoms with E-state index in [1.54, 1.807) is 33.9 Å². The summed E-state index contributed by atoms with van der Waals surface area (Å²) in [6.45, 7) is 55.3. The summed E-state index contributed by atoms with van der Waals surface area (Å²) in [6, 6.07) is 16.1. The molecule has 532 valence electrons. The Bertz CT molecular complexity index is 2650. The lowest BCUT2D eigenvalue weighted by molar-refractivity contribution is -0.338. The lowest BCUT2D eigenvalue weighted by Gasteiger charge is -2.51. The number of benzene rings is 2. The van der Waals surface area contributed by atoms with Crippen LogP contribution in [0.5, 0.6) is 11.5 Å². The van der Waals surface area contributed by atoms with Gasteiger partial charge in [-0.3, -0.25) is 4.79 Å². The molecule has 14 nitrogen and oxygen atoms in total. The van der Waals surface area contributed by atoms with Gasteiger partial charge in [0.1, 0.15) is 30.5 Å². The van der Waals surface area contributed by atoms with Crippen LogP contribution < -0.4 is 9.47 Å². The average molecular weight is 1350 g/mol. The van der Waals surface area contributed by atoms with Crippen LogP contribution in [0.2, 0.25) is 54.4 Å². The number of hydrogen-bond acceptors (Lipinski definition) is 14. The van der Waals surface area contributed by atoms with Gasteiger partial charge in [0.25, 0.3) is 0 Å². The van der Waals surface area contributed by atoms with E-state index in [1.807, 2.05) is 43.3 Å². The van der Waals surface area contributed by atoms with Crippen molar-refractivity contribution in [2.75, 3.05) is 28.1 Å². The number of aryl methyl sites for hydroxylation is 1. The fraction of sp³-hybridized carbons (Fsp3) is 0.776. The summed E-state index contributed by atoms with van der Waals surface area (Å²) in [5, 5.41) is -0.299. The fourth-order valence-electron chi connectivity index (χ4n) is 12.4. The zero-order valence-electron chi connectivity index (χ0n) is 63.3. The first-order chi connectivity index (χ1) is 43.2. The normalized spacial score (nSPS) is 23.0. The molecule has 15 atom stereocenters. The minimum Gasteiger partial charge on any atom is -0.497 e. The molecule has 0 amide bonds. The third-order valence-corrected chi connectivity index (χ3v) is 35.9. The summed E-state index contributed by atoms with van der Waals surface area (Å²) in [5.41, 5.74) is 3.91. The van der Waals surface area contributed by atoms with Crippen molar-refractivity contribution in [3.8, 4) is 11.5 Å². The van der Waals surface area contributed by atoms with Gasteiger partial charge in [0.15, 0.2) is 30.7 Å². The van der Waals surface area contributed by atoms with E-state index in [2.05, 4.69) is 169 Å². The molecule has 1 aromatic heterocycles. The van der Waals surface area contributed by atoms with Gasteiger partial charge >= 0.3 is 5.97 Å². The van der Waals surface area contributed by atoms with Crippen LogP contribution in [-0.2, 0) is 64.4 Å². The lowest BCUT2D eigenvalue weighted by Crippen LogP contribution is -2.54. The van der Waals surface area contributed by atoms with Gasteiger partial charge in [0.2, 0.25) is 0 Å². The maximum atomic E-state index is 14.8. The highest BCUT2D eigenvalue weighted by atomic mass is 28.4. The molecule has 1 unspecified atom stereocenters. The number of carbonyl (C=O) groups excluding carboxylic acids is 1. The largest absolute Gasteiger partial charge is 0.497 e. The van der Waals surface area contributed by atoms with Crippen molar-refractivity contribution in [2.24, 2.45) is 35.5 Å². The number of carbonyl (C=O) groups is 1. The Hall–Kier alpha value is -2.92. The highest BCUT2D eigenvalue weighted by molar-refractivity contribution is 6.75. The van der Waals surface area contributed by atoms with E-state index in [-0.39, 0.29) is 82.6 Å². The summed E-state index contributed by atoms with van der Waals surface area (Å²) in [7, 11) is -2.22. The molecule has 2 aliphatic heterocycles. The second-order valence-electron chi connectivity index (χ2n) is 33.1. The fourth-order valence-corrected chi connectivity index (χ4v) is 16.4. The third kappa shape index (κ3) is 23.1. The van der Waals surface area contributed by atoms with Crippen LogP contribution in [-0.4, -0.2) is 114 Å². The van der Waals surface area contributed by atoms with Gasteiger partial charge in [0.05, 0.1) is 89.1 Å². The molecule has 1 spiro atoms. The molecule has 5 rings (SSSR count). The average Bonchev–Trinajstić information content (AvgIpc) is 0.840. The Balaban J connectivity index is 1.43. The van der Waals surface area contributed by atoms with E-state index in [4.69, 9.17) is 60.3 Å². The highest BCUT2D eigenvalue weighted by Gasteiger charge is 2.50. The Morgan fingerprint density at radius 1 is 0.624 bits per heavy atom. The van der Waals surface area contributed by atoms with Crippen LogP contribution in [0.25, 0.3) is 0 Å². The van der Waals surface area contributed by atoms with E-state index in [0.29, 0.717) is 37.4 Å². The molecular formula is C76H132O14Si3. The monoisotopic (exact) mass is 1350 g/mol. The summed E-state index contributed by atoms with van der Waals surface area (Å²) in [5.74, 6) is 1.75. The van der Waals surface area contributed by atoms with Gasteiger partial charge in [-0.05, 0) is 177 Å². The Morgan fingerprint density at radius 2 is 1.15 bits per heavy atom. The van der Waals surface area contributed by atoms with Gasteiger partial charge < -0.3 is 60.3 Å². The second-order valence-corrected chi connectivity index (χ2v) is 47.4. The molecule has 2 fully saturated rings. The molecule has 2 aliphatic rings. The Kier molecular flexibility index (Phi) is 30.2. The van der Waals surface area contributed by atoms with Crippen LogP contribution in [0, 0.1) is 42.4 Å². The van der Waals surface area contributed by atoms with E-state index in [0.717, 1.165) is 85.1 Å². The van der Waals surface area contributed by atoms with Crippen molar-refractivity contribution in [1.82, 2.24) is 0 Å². The summed E-state index contributed by atoms with van der Waals surface area (Å²) in [6.07, 6.45) is 8.68. The molecule has 0 saturated carbocycles. The van der Waals surface area contributed by atoms with Crippen LogP contribution >= 0.6 is 0 Å². The third-order valence-electron chi connectivity index (χ3n) is 22.4. The number of esters is 1. The zero-order chi connectivity index (χ0) is 69.7. The molecule has 0 bridgehead atoms. The summed E-state index contributed by atoms with van der Waals surface area (Å²) in [4.78, 5) is 14.8. The Morgan fingerprint density at radius 3 is 1.66 bits per heavy atom. The van der Waals surface area contributed by atoms with Crippen molar-refractivity contribution >= 4 is 30.9 Å². The summed E-state index contributed by atoms with van der Waals surface area (Å²) >= 11 is 0. The molecule has 2 aromatic carbocycles. The number of ether oxygens (including phenoxy) is 9. The Labute approximate surface area is 568 Å². The minimum atomic E-state index is -2.56. The molecule has 3 heterocycles. The molecule has 2 saturated heterocycles. The first-order valence-corrected chi connectivity index (χ1v) is 44.1. The van der Waals surface area contributed by atoms with Crippen molar-refractivity contribution in [2.45, 2.75) is 317 Å². The minimum absolute atomic E-state index is 0.0159. The topological polar surface area (TPSA) is 141 Å². The standard InChI is InChI=1S/C76H132O14Si3/c1-51(2)70(85-69(77)45-67(63-49-81-46-56(63)7)89-92(24,25)74(13,14)15)72(80-21)68(90-93(26,27)75(16,17)18)44-66(83-48-60-32-36-62(79-20)37-33-60)57(8)65(88-91(22,23)73(10,11)12)39-29-54(5)71-55(6)41-43-76(87-71)42-40-53(4)64(86-76)38-28-52(3)58(9)84-50-82-47-59-30-34-61(78-19)35-31-59/h30-37,46,49,51-55,57-58,64-68,70-72H,28-29,38-45,47-48,50H2,1-27H3/t52-,53+,54+,55-,57-,58?,64-,65-,66-,67+,68+,70+,71-,72-,76+/m0/s1. The molecule has 17 heteroatoms. The van der Waals surface area contributed by atoms with E-state index >= 15 is 0 Å². The van der Waals surface area contributed by atoms with Crippen molar-refractivity contribution in [3.63, 3.8) is 0 Å². The predicted molar refractivity (Wildman–Crippen MR) is 383 cm³/mol. The van der Waals surface area contributed by atoms with Crippen LogP contribution in [0.3, 0.4) is 0 Å². The molecule has 0 N–H and O–H groups in total. The summed E-state index contributed by atoms with van der Waals surface area (Å²) < 4.78 is 86.8. The van der Waals surface area contributed by atoms with Gasteiger partial charge in [-0.2, -0.15) is 0 Å². The first kappa shape index (κ1) is 80.8. The van der Waals surface area contributed by atoms with Crippen LogP contribution in [0.15, 0.2) is 65.5 Å². The molecule has 0 aliphatic carbocycles. The van der Waals surface area contributed by atoms with Gasteiger partial charge in [-0.1, -0.05) is 135 Å². The molecule has 93 heavy (non-hydrogen) atoms. The number of furan rings is 1. The zero-order valence-corrected chi connectivity index (χ0v) is 66.3. The maximum Gasteiger partial charge on any atom is 0.309 e. The highest BCUT2D eigenvalue weighted by Crippen LogP contribution is 2.48. The SMILES string of the molecule is COc1ccc(COCOC(C)[C@@H](C)CC[C@@H]2O[C@@]3(CC[C@H]2C)CC[C@H](C)[C@H]([C@H](C)CC[C@H](O[Si](C)(C)C(C)(C)C)[C@H](C)[C@H](C[C@@H](O[Si](C)(C)C(C)(C)C)[C@H](OC)[C@H](OC(=O)C[C@@H](O[Si](C)(C)C(C)(C)C)c2cocc2C)C(C)C)OCc2ccc(OC)cc2)O3)cc1. The van der Waals surface area contributed by atoms with E-state index < -0.39 is 55.2 Å². The number of rotatable bonds is 36. The quantitative estimate of drug-likeness (QED) is 0.0236. The van der Waals surface area contributed by atoms with Gasteiger partial charge in [-0.15, -0.1) is 0 Å². The molecule has 0 radical (unpaired) electrons. The first-order valence-electron chi connectivity index (χ1n) is 35.4. The van der Waals surface area contributed by atoms with E-state index in [9.17, 15) is 4.79 Å². The number of methoxy groups -OCH3 is 3. The second kappa shape index (κ2) is 34.7.